The first-order valence-electron chi connectivity index (χ1n) is 4.96. The van der Waals surface area contributed by atoms with Gasteiger partial charge in [-0.1, -0.05) is 6.07 Å². The third-order valence-electron chi connectivity index (χ3n) is 2.14. The molecule has 0 amide bonds. The number of aromatic nitrogens is 1. The number of hydrogen-bond donors (Lipinski definition) is 1. The number of ether oxygens (including phenoxy) is 1. The van der Waals surface area contributed by atoms with Gasteiger partial charge in [0.1, 0.15) is 11.5 Å². The Balaban J connectivity index is 2.32. The molecule has 0 atom stereocenters. The molecule has 2 rings (SSSR count). The zero-order valence-electron chi connectivity index (χ0n) is 8.98. The first-order valence-corrected chi connectivity index (χ1v) is 4.96. The number of hydrogen-bond acceptors (Lipinski definition) is 3. The van der Waals surface area contributed by atoms with Crippen molar-refractivity contribution in [1.29, 1.82) is 0 Å². The van der Waals surface area contributed by atoms with Crippen molar-refractivity contribution in [2.24, 2.45) is 0 Å². The maximum Gasteiger partial charge on any atom is 0.573 e. The second-order valence-electron chi connectivity index (χ2n) is 3.44. The summed E-state index contributed by atoms with van der Waals surface area (Å²) >= 11 is 0. The Morgan fingerprint density at radius 1 is 1.11 bits per heavy atom. The van der Waals surface area contributed by atoms with Crippen LogP contribution in [0.15, 0.2) is 42.6 Å². The number of benzene rings is 1. The molecule has 94 valence electrons. The summed E-state index contributed by atoms with van der Waals surface area (Å²) in [6.07, 6.45) is -3.26. The molecule has 0 spiro atoms. The van der Waals surface area contributed by atoms with E-state index >= 15 is 0 Å². The van der Waals surface area contributed by atoms with Gasteiger partial charge in [0.05, 0.1) is 5.69 Å². The Hall–Kier alpha value is -2.24. The first kappa shape index (κ1) is 12.2. The zero-order valence-corrected chi connectivity index (χ0v) is 8.98. The standard InChI is InChI=1S/C12H8F3NO2/c13-12(14,15)18-8-4-5-9(11(17)7-8)10-3-1-2-6-16-10/h1-7,17H. The van der Waals surface area contributed by atoms with Gasteiger partial charge in [-0.15, -0.1) is 13.2 Å². The lowest BCUT2D eigenvalue weighted by atomic mass is 10.1. The Morgan fingerprint density at radius 3 is 2.44 bits per heavy atom. The number of halogens is 3. The van der Waals surface area contributed by atoms with Gasteiger partial charge in [-0.25, -0.2) is 0 Å². The van der Waals surface area contributed by atoms with E-state index < -0.39 is 12.1 Å². The zero-order chi connectivity index (χ0) is 13.2. The topological polar surface area (TPSA) is 42.4 Å². The van der Waals surface area contributed by atoms with E-state index in [1.54, 1.807) is 18.2 Å². The smallest absolute Gasteiger partial charge is 0.507 e. The highest BCUT2D eigenvalue weighted by molar-refractivity contribution is 5.67. The second-order valence-corrected chi connectivity index (χ2v) is 3.44. The fourth-order valence-electron chi connectivity index (χ4n) is 1.45. The summed E-state index contributed by atoms with van der Waals surface area (Å²) in [5.41, 5.74) is 0.804. The van der Waals surface area contributed by atoms with E-state index in [1.807, 2.05) is 0 Å². The Labute approximate surface area is 100 Å². The van der Waals surface area contributed by atoms with Crippen LogP contribution in [0.25, 0.3) is 11.3 Å². The molecule has 1 N–H and O–H groups in total. The minimum atomic E-state index is -4.78. The Kier molecular flexibility index (Phi) is 3.10. The molecule has 18 heavy (non-hydrogen) atoms. The molecule has 0 bridgehead atoms. The van der Waals surface area contributed by atoms with Crippen molar-refractivity contribution in [3.05, 3.63) is 42.6 Å². The number of nitrogens with zero attached hydrogens (tertiary/aromatic N) is 1. The van der Waals surface area contributed by atoms with Crippen molar-refractivity contribution < 1.29 is 23.0 Å². The van der Waals surface area contributed by atoms with Gasteiger partial charge >= 0.3 is 6.36 Å². The number of rotatable bonds is 2. The van der Waals surface area contributed by atoms with Gasteiger partial charge < -0.3 is 9.84 Å². The van der Waals surface area contributed by atoms with Crippen LogP contribution in [-0.2, 0) is 0 Å². The second kappa shape index (κ2) is 4.56. The lowest BCUT2D eigenvalue weighted by Crippen LogP contribution is -2.16. The average Bonchev–Trinajstić information content (AvgIpc) is 2.28. The van der Waals surface area contributed by atoms with Crippen molar-refractivity contribution in [2.45, 2.75) is 6.36 Å². The van der Waals surface area contributed by atoms with Gasteiger partial charge in [0.15, 0.2) is 0 Å². The number of pyridine rings is 1. The van der Waals surface area contributed by atoms with Crippen LogP contribution in [0.4, 0.5) is 13.2 Å². The SMILES string of the molecule is Oc1cc(OC(F)(F)F)ccc1-c1ccccn1. The molecule has 6 heteroatoms. The minimum absolute atomic E-state index is 0.324. The summed E-state index contributed by atoms with van der Waals surface area (Å²) in [6, 6.07) is 8.39. The van der Waals surface area contributed by atoms with E-state index in [2.05, 4.69) is 9.72 Å². The molecule has 1 aromatic carbocycles. The molecule has 0 saturated heterocycles. The maximum atomic E-state index is 12.0. The maximum absolute atomic E-state index is 12.0. The molecule has 1 heterocycles. The number of alkyl halides is 3. The number of phenols is 1. The molecule has 1 aromatic heterocycles. The first-order chi connectivity index (χ1) is 8.46. The van der Waals surface area contributed by atoms with Gasteiger partial charge in [-0.3, -0.25) is 4.98 Å². The highest BCUT2D eigenvalue weighted by Gasteiger charge is 2.31. The van der Waals surface area contributed by atoms with Crippen molar-refractivity contribution >= 4 is 0 Å². The van der Waals surface area contributed by atoms with Crippen LogP contribution in [0.2, 0.25) is 0 Å². The van der Waals surface area contributed by atoms with Crippen molar-refractivity contribution in [3.63, 3.8) is 0 Å². The number of aromatic hydroxyl groups is 1. The number of phenolic OH excluding ortho intramolecular Hbond substituents is 1. The molecular weight excluding hydrogens is 247 g/mol. The summed E-state index contributed by atoms with van der Waals surface area (Å²) in [6.45, 7) is 0. The van der Waals surface area contributed by atoms with E-state index in [-0.39, 0.29) is 5.75 Å². The largest absolute Gasteiger partial charge is 0.573 e. The molecular formula is C12H8F3NO2. The summed E-state index contributed by atoms with van der Waals surface area (Å²) in [7, 11) is 0. The van der Waals surface area contributed by atoms with E-state index in [4.69, 9.17) is 0 Å². The van der Waals surface area contributed by atoms with E-state index in [0.717, 1.165) is 12.1 Å². The van der Waals surface area contributed by atoms with Gasteiger partial charge in [0, 0.05) is 17.8 Å². The van der Waals surface area contributed by atoms with E-state index in [0.29, 0.717) is 11.3 Å². The molecule has 0 radical (unpaired) electrons. The predicted octanol–water partition coefficient (Wildman–Crippen LogP) is 3.35. The van der Waals surface area contributed by atoms with E-state index in [1.165, 1.54) is 12.3 Å². The Bertz CT molecular complexity index is 541. The third kappa shape index (κ3) is 2.91. The van der Waals surface area contributed by atoms with Crippen molar-refractivity contribution in [2.75, 3.05) is 0 Å². The molecule has 0 saturated carbocycles. The minimum Gasteiger partial charge on any atom is -0.507 e. The van der Waals surface area contributed by atoms with Crippen LogP contribution >= 0.6 is 0 Å². The molecule has 0 unspecified atom stereocenters. The van der Waals surface area contributed by atoms with Crippen LogP contribution in [-0.4, -0.2) is 16.5 Å². The highest BCUT2D eigenvalue weighted by atomic mass is 19.4. The van der Waals surface area contributed by atoms with Crippen LogP contribution < -0.4 is 4.74 Å². The predicted molar refractivity (Wildman–Crippen MR) is 58.0 cm³/mol. The summed E-state index contributed by atoms with van der Waals surface area (Å²) in [5.74, 6) is -0.796. The lowest BCUT2D eigenvalue weighted by molar-refractivity contribution is -0.274. The molecule has 2 aromatic rings. The highest BCUT2D eigenvalue weighted by Crippen LogP contribution is 2.33. The lowest BCUT2D eigenvalue weighted by Gasteiger charge is -2.10. The van der Waals surface area contributed by atoms with Gasteiger partial charge in [0.25, 0.3) is 0 Å². The fourth-order valence-corrected chi connectivity index (χ4v) is 1.45. The van der Waals surface area contributed by atoms with E-state index in [9.17, 15) is 18.3 Å². The average molecular weight is 255 g/mol. The normalized spacial score (nSPS) is 11.3. The molecule has 0 aliphatic carbocycles. The Morgan fingerprint density at radius 2 is 1.89 bits per heavy atom. The molecule has 0 fully saturated rings. The summed E-state index contributed by atoms with van der Waals surface area (Å²) in [5, 5.41) is 9.65. The van der Waals surface area contributed by atoms with Crippen molar-refractivity contribution in [1.82, 2.24) is 4.98 Å². The van der Waals surface area contributed by atoms with Crippen LogP contribution in [0, 0.1) is 0 Å². The molecule has 0 aliphatic rings. The quantitative estimate of drug-likeness (QED) is 0.894. The molecule has 0 aliphatic heterocycles. The molecule has 3 nitrogen and oxygen atoms in total. The van der Waals surface area contributed by atoms with Crippen LogP contribution in [0.1, 0.15) is 0 Å². The summed E-state index contributed by atoms with van der Waals surface area (Å²) in [4.78, 5) is 3.99. The monoisotopic (exact) mass is 255 g/mol. The van der Waals surface area contributed by atoms with Gasteiger partial charge in [0.2, 0.25) is 0 Å². The van der Waals surface area contributed by atoms with Crippen LogP contribution in [0.3, 0.4) is 0 Å². The van der Waals surface area contributed by atoms with Crippen LogP contribution in [0.5, 0.6) is 11.5 Å². The van der Waals surface area contributed by atoms with Crippen molar-refractivity contribution in [3.8, 4) is 22.8 Å². The fraction of sp³-hybridized carbons (Fsp3) is 0.0833. The third-order valence-corrected chi connectivity index (χ3v) is 2.14. The van der Waals surface area contributed by atoms with Gasteiger partial charge in [-0.2, -0.15) is 0 Å². The summed E-state index contributed by atoms with van der Waals surface area (Å²) < 4.78 is 39.6. The van der Waals surface area contributed by atoms with Gasteiger partial charge in [-0.05, 0) is 24.3 Å².